The van der Waals surface area contributed by atoms with E-state index >= 15 is 0 Å². The molecule has 0 aliphatic rings. The average Bonchev–Trinajstić information content (AvgIpc) is 2.49. The van der Waals surface area contributed by atoms with Crippen LogP contribution in [-0.4, -0.2) is 21.3 Å². The molecule has 0 saturated carbocycles. The highest BCUT2D eigenvalue weighted by molar-refractivity contribution is 5.89. The van der Waals surface area contributed by atoms with Gasteiger partial charge in [0.15, 0.2) is 5.82 Å². The molecule has 0 aliphatic carbocycles. The Bertz CT molecular complexity index is 765. The molecule has 5 heteroatoms. The molecule has 0 bridgehead atoms. The monoisotopic (exact) mass is 264 g/mol. The molecule has 2 N–H and O–H groups in total. The van der Waals surface area contributed by atoms with E-state index < -0.39 is 0 Å². The molecule has 0 saturated heterocycles. The van der Waals surface area contributed by atoms with Gasteiger partial charge in [-0.05, 0) is 24.3 Å². The number of hydrogen-bond donors (Lipinski definition) is 2. The van der Waals surface area contributed by atoms with Crippen molar-refractivity contribution in [1.29, 1.82) is 0 Å². The lowest BCUT2D eigenvalue weighted by Gasteiger charge is -2.03. The number of anilines is 1. The highest BCUT2D eigenvalue weighted by Gasteiger charge is 2.01. The number of nitrogens with one attached hydrogen (secondary N) is 1. The number of fused-ring (bicyclic) bond motifs is 1. The van der Waals surface area contributed by atoms with Gasteiger partial charge in [0.05, 0.1) is 11.7 Å². The highest BCUT2D eigenvalue weighted by atomic mass is 16.3. The van der Waals surface area contributed by atoms with E-state index in [2.05, 4.69) is 20.5 Å². The summed E-state index contributed by atoms with van der Waals surface area (Å²) in [5.41, 5.74) is 4.36. The Balaban J connectivity index is 1.86. The number of aromatic nitrogens is 2. The lowest BCUT2D eigenvalue weighted by Crippen LogP contribution is -1.95. The number of rotatable bonds is 3. The minimum absolute atomic E-state index is 0.186. The van der Waals surface area contributed by atoms with Crippen molar-refractivity contribution in [2.45, 2.75) is 0 Å². The maximum absolute atomic E-state index is 9.63. The van der Waals surface area contributed by atoms with Gasteiger partial charge in [-0.15, -0.1) is 0 Å². The maximum Gasteiger partial charge on any atom is 0.157 e. The SMILES string of the molecule is Oc1ccccc1/C=N/Nc1ncnc2ccccc12. The third-order valence-corrected chi connectivity index (χ3v) is 2.85. The molecule has 0 aliphatic heterocycles. The van der Waals surface area contributed by atoms with Crippen LogP contribution >= 0.6 is 0 Å². The van der Waals surface area contributed by atoms with Crippen LogP contribution in [0.25, 0.3) is 10.9 Å². The summed E-state index contributed by atoms with van der Waals surface area (Å²) in [5.74, 6) is 0.813. The van der Waals surface area contributed by atoms with Gasteiger partial charge >= 0.3 is 0 Å². The van der Waals surface area contributed by atoms with Gasteiger partial charge in [0.25, 0.3) is 0 Å². The zero-order valence-electron chi connectivity index (χ0n) is 10.6. The van der Waals surface area contributed by atoms with E-state index in [1.165, 1.54) is 6.33 Å². The number of aromatic hydroxyl groups is 1. The molecule has 0 unspecified atom stereocenters. The van der Waals surface area contributed by atoms with Gasteiger partial charge in [0.2, 0.25) is 0 Å². The van der Waals surface area contributed by atoms with Crippen molar-refractivity contribution in [1.82, 2.24) is 9.97 Å². The number of nitrogens with zero attached hydrogens (tertiary/aromatic N) is 3. The van der Waals surface area contributed by atoms with Crippen molar-refractivity contribution >= 4 is 22.9 Å². The van der Waals surface area contributed by atoms with E-state index in [1.807, 2.05) is 30.3 Å². The zero-order valence-corrected chi connectivity index (χ0v) is 10.6. The number of benzene rings is 2. The van der Waals surface area contributed by atoms with Crippen LogP contribution < -0.4 is 5.43 Å². The summed E-state index contributed by atoms with van der Waals surface area (Å²) in [7, 11) is 0. The van der Waals surface area contributed by atoms with Gasteiger partial charge in [-0.25, -0.2) is 9.97 Å². The van der Waals surface area contributed by atoms with Crippen LogP contribution in [0.15, 0.2) is 60.0 Å². The van der Waals surface area contributed by atoms with E-state index in [0.29, 0.717) is 11.4 Å². The third kappa shape index (κ3) is 2.42. The van der Waals surface area contributed by atoms with E-state index in [-0.39, 0.29) is 5.75 Å². The smallest absolute Gasteiger partial charge is 0.157 e. The lowest BCUT2D eigenvalue weighted by atomic mass is 10.2. The quantitative estimate of drug-likeness (QED) is 0.563. The normalized spacial score (nSPS) is 11.0. The second-order valence-corrected chi connectivity index (χ2v) is 4.17. The third-order valence-electron chi connectivity index (χ3n) is 2.85. The molecule has 98 valence electrons. The first kappa shape index (κ1) is 12.1. The lowest BCUT2D eigenvalue weighted by molar-refractivity contribution is 0.474. The van der Waals surface area contributed by atoms with E-state index in [0.717, 1.165) is 10.9 Å². The highest BCUT2D eigenvalue weighted by Crippen LogP contribution is 2.18. The Morgan fingerprint density at radius 3 is 2.70 bits per heavy atom. The number of phenols is 1. The first-order chi connectivity index (χ1) is 9.84. The molecular weight excluding hydrogens is 252 g/mol. The van der Waals surface area contributed by atoms with Crippen LogP contribution in [0.2, 0.25) is 0 Å². The van der Waals surface area contributed by atoms with Crippen LogP contribution in [0.4, 0.5) is 5.82 Å². The molecule has 0 radical (unpaired) electrons. The molecule has 1 aromatic heterocycles. The summed E-state index contributed by atoms with van der Waals surface area (Å²) in [6.45, 7) is 0. The van der Waals surface area contributed by atoms with Gasteiger partial charge in [-0.1, -0.05) is 24.3 Å². The van der Waals surface area contributed by atoms with Crippen molar-refractivity contribution in [2.24, 2.45) is 5.10 Å². The Morgan fingerprint density at radius 2 is 1.80 bits per heavy atom. The Morgan fingerprint density at radius 1 is 1.00 bits per heavy atom. The van der Waals surface area contributed by atoms with E-state index in [1.54, 1.807) is 24.4 Å². The maximum atomic E-state index is 9.63. The Hall–Kier alpha value is -2.95. The molecule has 3 rings (SSSR count). The second kappa shape index (κ2) is 5.36. The molecule has 5 nitrogen and oxygen atoms in total. The molecule has 0 fully saturated rings. The molecule has 0 atom stereocenters. The second-order valence-electron chi connectivity index (χ2n) is 4.17. The molecule has 3 aromatic rings. The minimum atomic E-state index is 0.186. The largest absolute Gasteiger partial charge is 0.507 e. The molecule has 1 heterocycles. The van der Waals surface area contributed by atoms with Crippen LogP contribution in [0, 0.1) is 0 Å². The van der Waals surface area contributed by atoms with E-state index in [4.69, 9.17) is 0 Å². The molecule has 0 spiro atoms. The summed E-state index contributed by atoms with van der Waals surface area (Å²) in [6, 6.07) is 14.7. The Labute approximate surface area is 115 Å². The van der Waals surface area contributed by atoms with Crippen molar-refractivity contribution in [2.75, 3.05) is 5.43 Å². The minimum Gasteiger partial charge on any atom is -0.507 e. The van der Waals surface area contributed by atoms with E-state index in [9.17, 15) is 5.11 Å². The van der Waals surface area contributed by atoms with Crippen LogP contribution in [0.5, 0.6) is 5.75 Å². The van der Waals surface area contributed by atoms with Crippen molar-refractivity contribution in [3.63, 3.8) is 0 Å². The fourth-order valence-corrected chi connectivity index (χ4v) is 1.85. The first-order valence-corrected chi connectivity index (χ1v) is 6.11. The van der Waals surface area contributed by atoms with Crippen LogP contribution in [0.1, 0.15) is 5.56 Å². The summed E-state index contributed by atoms with van der Waals surface area (Å²) in [6.07, 6.45) is 3.03. The van der Waals surface area contributed by atoms with Gasteiger partial charge in [0.1, 0.15) is 12.1 Å². The van der Waals surface area contributed by atoms with Gasteiger partial charge < -0.3 is 5.11 Å². The molecular formula is C15H12N4O. The number of hydrogen-bond acceptors (Lipinski definition) is 5. The summed E-state index contributed by atoms with van der Waals surface area (Å²) in [4.78, 5) is 8.34. The van der Waals surface area contributed by atoms with Gasteiger partial charge in [-0.2, -0.15) is 5.10 Å². The van der Waals surface area contributed by atoms with Crippen LogP contribution in [-0.2, 0) is 0 Å². The summed E-state index contributed by atoms with van der Waals surface area (Å²) in [5, 5.41) is 14.6. The predicted octanol–water partition coefficient (Wildman–Crippen LogP) is 2.78. The first-order valence-electron chi connectivity index (χ1n) is 6.11. The van der Waals surface area contributed by atoms with Crippen molar-refractivity contribution in [3.8, 4) is 5.75 Å². The number of para-hydroxylation sites is 2. The molecule has 20 heavy (non-hydrogen) atoms. The zero-order chi connectivity index (χ0) is 13.8. The standard InChI is InChI=1S/C15H12N4O/c20-14-8-4-1-5-11(14)9-18-19-15-12-6-2-3-7-13(12)16-10-17-15/h1-10,20H,(H,16,17,19)/b18-9+. The van der Waals surface area contributed by atoms with Gasteiger partial charge in [0, 0.05) is 10.9 Å². The fourth-order valence-electron chi connectivity index (χ4n) is 1.85. The molecule has 2 aromatic carbocycles. The molecule has 0 amide bonds. The van der Waals surface area contributed by atoms with Crippen molar-refractivity contribution < 1.29 is 5.11 Å². The Kier molecular flexibility index (Phi) is 3.24. The van der Waals surface area contributed by atoms with Crippen molar-refractivity contribution in [3.05, 3.63) is 60.4 Å². The topological polar surface area (TPSA) is 70.4 Å². The number of phenolic OH excluding ortho intramolecular Hbond substituents is 1. The van der Waals surface area contributed by atoms with Crippen LogP contribution in [0.3, 0.4) is 0 Å². The summed E-state index contributed by atoms with van der Waals surface area (Å²) < 4.78 is 0. The van der Waals surface area contributed by atoms with Gasteiger partial charge in [-0.3, -0.25) is 5.43 Å². The summed E-state index contributed by atoms with van der Waals surface area (Å²) >= 11 is 0. The predicted molar refractivity (Wildman–Crippen MR) is 78.9 cm³/mol. The fraction of sp³-hybridized carbons (Fsp3) is 0. The average molecular weight is 264 g/mol. The number of hydrazone groups is 1.